The molecule has 0 unspecified atom stereocenters. The van der Waals surface area contributed by atoms with E-state index in [0.29, 0.717) is 11.4 Å². The minimum Gasteiger partial charge on any atom is -0.296 e. The molecule has 2 aromatic carbocycles. The van der Waals surface area contributed by atoms with E-state index in [1.165, 1.54) is 0 Å². The normalized spacial score (nSPS) is 13.2. The summed E-state index contributed by atoms with van der Waals surface area (Å²) in [5.74, 6) is 0. The van der Waals surface area contributed by atoms with Gasteiger partial charge in [-0.2, -0.15) is 0 Å². The minimum absolute atomic E-state index is 0.0152. The third kappa shape index (κ3) is 4.66. The van der Waals surface area contributed by atoms with Gasteiger partial charge in [-0.05, 0) is 37.7 Å². The van der Waals surface area contributed by atoms with Gasteiger partial charge in [-0.1, -0.05) is 61.9 Å². The first-order valence-electron chi connectivity index (χ1n) is 8.33. The van der Waals surface area contributed by atoms with Crippen molar-refractivity contribution in [2.24, 2.45) is 0 Å². The van der Waals surface area contributed by atoms with Crippen LogP contribution in [0.2, 0.25) is 0 Å². The Morgan fingerprint density at radius 1 is 0.958 bits per heavy atom. The smallest absolute Gasteiger partial charge is 0.240 e. The summed E-state index contributed by atoms with van der Waals surface area (Å²) < 4.78 is 27.9. The molecule has 1 N–H and O–H groups in total. The summed E-state index contributed by atoms with van der Waals surface area (Å²) in [6.45, 7) is 8.20. The van der Waals surface area contributed by atoms with Crippen molar-refractivity contribution < 1.29 is 8.42 Å². The molecule has 24 heavy (non-hydrogen) atoms. The molecule has 0 radical (unpaired) electrons. The van der Waals surface area contributed by atoms with Crippen molar-refractivity contribution in [3.05, 3.63) is 65.7 Å². The van der Waals surface area contributed by atoms with Gasteiger partial charge in [-0.15, -0.1) is 0 Å². The quantitative estimate of drug-likeness (QED) is 0.797. The molecule has 0 amide bonds. The SMILES string of the molecule is CCN(CC)[C@@H](CNS(=O)(=O)c1ccc(C)cc1)c1ccccc1. The minimum atomic E-state index is -3.51. The third-order valence-electron chi connectivity index (χ3n) is 4.24. The maximum Gasteiger partial charge on any atom is 0.240 e. The van der Waals surface area contributed by atoms with Crippen LogP contribution in [0.25, 0.3) is 0 Å². The van der Waals surface area contributed by atoms with E-state index < -0.39 is 10.0 Å². The number of nitrogens with zero attached hydrogens (tertiary/aromatic N) is 1. The lowest BCUT2D eigenvalue weighted by molar-refractivity contribution is 0.220. The van der Waals surface area contributed by atoms with Crippen molar-refractivity contribution >= 4 is 10.0 Å². The van der Waals surface area contributed by atoms with Crippen LogP contribution >= 0.6 is 0 Å². The second kappa shape index (κ2) is 8.42. The molecule has 0 aliphatic heterocycles. The van der Waals surface area contributed by atoms with Crippen LogP contribution in [0.15, 0.2) is 59.5 Å². The molecule has 0 aromatic heterocycles. The number of likely N-dealkylation sites (N-methyl/N-ethyl adjacent to an activating group) is 1. The monoisotopic (exact) mass is 346 g/mol. The molecule has 0 heterocycles. The fourth-order valence-electron chi connectivity index (χ4n) is 2.79. The first-order valence-corrected chi connectivity index (χ1v) is 9.81. The third-order valence-corrected chi connectivity index (χ3v) is 5.67. The van der Waals surface area contributed by atoms with E-state index in [-0.39, 0.29) is 6.04 Å². The summed E-state index contributed by atoms with van der Waals surface area (Å²) in [4.78, 5) is 2.56. The van der Waals surface area contributed by atoms with E-state index in [1.807, 2.05) is 49.4 Å². The van der Waals surface area contributed by atoms with E-state index in [4.69, 9.17) is 0 Å². The molecule has 5 heteroatoms. The van der Waals surface area contributed by atoms with Crippen molar-refractivity contribution in [1.82, 2.24) is 9.62 Å². The number of aryl methyl sites for hydroxylation is 1. The summed E-state index contributed by atoms with van der Waals surface area (Å²) in [6, 6.07) is 17.0. The number of hydrogen-bond donors (Lipinski definition) is 1. The van der Waals surface area contributed by atoms with Gasteiger partial charge in [-0.25, -0.2) is 13.1 Å². The predicted octanol–water partition coefficient (Wildman–Crippen LogP) is 3.36. The van der Waals surface area contributed by atoms with Crippen molar-refractivity contribution in [3.8, 4) is 0 Å². The highest BCUT2D eigenvalue weighted by molar-refractivity contribution is 7.89. The van der Waals surface area contributed by atoms with Gasteiger partial charge in [0.1, 0.15) is 0 Å². The van der Waals surface area contributed by atoms with E-state index >= 15 is 0 Å². The maximum absolute atomic E-state index is 12.5. The Hall–Kier alpha value is -1.69. The van der Waals surface area contributed by atoms with Gasteiger partial charge in [0.05, 0.1) is 4.90 Å². The highest BCUT2D eigenvalue weighted by Gasteiger charge is 2.21. The molecule has 0 saturated heterocycles. The molecule has 130 valence electrons. The molecule has 2 aromatic rings. The Bertz CT molecular complexity index is 724. The highest BCUT2D eigenvalue weighted by Crippen LogP contribution is 2.20. The molecule has 0 spiro atoms. The zero-order chi connectivity index (χ0) is 17.6. The number of rotatable bonds is 8. The fourth-order valence-corrected chi connectivity index (χ4v) is 3.83. The van der Waals surface area contributed by atoms with Gasteiger partial charge in [0.25, 0.3) is 0 Å². The van der Waals surface area contributed by atoms with Crippen LogP contribution in [-0.4, -0.2) is 33.0 Å². The van der Waals surface area contributed by atoms with E-state index in [1.54, 1.807) is 12.1 Å². The Kier molecular flexibility index (Phi) is 6.54. The highest BCUT2D eigenvalue weighted by atomic mass is 32.2. The molecule has 2 rings (SSSR count). The largest absolute Gasteiger partial charge is 0.296 e. The standard InChI is InChI=1S/C19H26N2O2S/c1-4-21(5-2)19(17-9-7-6-8-10-17)15-20-24(22,23)18-13-11-16(3)12-14-18/h6-14,19-20H,4-5,15H2,1-3H3/t19-/m0/s1. The van der Waals surface area contributed by atoms with E-state index in [2.05, 4.69) is 23.5 Å². The fraction of sp³-hybridized carbons (Fsp3) is 0.368. The predicted molar refractivity (Wildman–Crippen MR) is 98.5 cm³/mol. The van der Waals surface area contributed by atoms with Crippen molar-refractivity contribution in [2.45, 2.75) is 31.7 Å². The van der Waals surface area contributed by atoms with Crippen LogP contribution in [-0.2, 0) is 10.0 Å². The van der Waals surface area contributed by atoms with Gasteiger partial charge in [0, 0.05) is 12.6 Å². The van der Waals surface area contributed by atoms with Crippen LogP contribution in [0.4, 0.5) is 0 Å². The Balaban J connectivity index is 2.19. The summed E-state index contributed by atoms with van der Waals surface area (Å²) in [5.41, 5.74) is 2.16. The first kappa shape index (κ1) is 18.6. The van der Waals surface area contributed by atoms with Gasteiger partial charge < -0.3 is 0 Å². The summed E-state index contributed by atoms with van der Waals surface area (Å²) in [5, 5.41) is 0. The molecular weight excluding hydrogens is 320 g/mol. The number of nitrogens with one attached hydrogen (secondary N) is 1. The van der Waals surface area contributed by atoms with Crippen molar-refractivity contribution in [1.29, 1.82) is 0 Å². The molecular formula is C19H26N2O2S. The lowest BCUT2D eigenvalue weighted by Crippen LogP contribution is -2.38. The van der Waals surface area contributed by atoms with Crippen LogP contribution in [0, 0.1) is 6.92 Å². The number of sulfonamides is 1. The van der Waals surface area contributed by atoms with Crippen molar-refractivity contribution in [3.63, 3.8) is 0 Å². The topological polar surface area (TPSA) is 49.4 Å². The summed E-state index contributed by atoms with van der Waals surface area (Å²) in [6.07, 6.45) is 0. The molecule has 0 aliphatic carbocycles. The van der Waals surface area contributed by atoms with Crippen LogP contribution in [0.1, 0.15) is 31.0 Å². The van der Waals surface area contributed by atoms with Crippen LogP contribution < -0.4 is 4.72 Å². The molecule has 0 fully saturated rings. The number of benzene rings is 2. The van der Waals surface area contributed by atoms with E-state index in [0.717, 1.165) is 24.2 Å². The molecule has 0 aliphatic rings. The molecule has 0 bridgehead atoms. The zero-order valence-corrected chi connectivity index (χ0v) is 15.4. The number of hydrogen-bond acceptors (Lipinski definition) is 3. The summed E-state index contributed by atoms with van der Waals surface area (Å²) >= 11 is 0. The van der Waals surface area contributed by atoms with Crippen molar-refractivity contribution in [2.75, 3.05) is 19.6 Å². The molecule has 1 atom stereocenters. The Morgan fingerprint density at radius 2 is 1.54 bits per heavy atom. The Morgan fingerprint density at radius 3 is 2.08 bits per heavy atom. The Labute approximate surface area is 145 Å². The second-order valence-electron chi connectivity index (χ2n) is 5.81. The first-order chi connectivity index (χ1) is 11.5. The maximum atomic E-state index is 12.5. The van der Waals surface area contributed by atoms with Crippen LogP contribution in [0.3, 0.4) is 0 Å². The molecule has 4 nitrogen and oxygen atoms in total. The van der Waals surface area contributed by atoms with Gasteiger partial charge in [-0.3, -0.25) is 4.90 Å². The average Bonchev–Trinajstić information content (AvgIpc) is 2.59. The zero-order valence-electron chi connectivity index (χ0n) is 14.6. The lowest BCUT2D eigenvalue weighted by atomic mass is 10.1. The van der Waals surface area contributed by atoms with Gasteiger partial charge in [0.15, 0.2) is 0 Å². The van der Waals surface area contributed by atoms with Crippen LogP contribution in [0.5, 0.6) is 0 Å². The average molecular weight is 346 g/mol. The van der Waals surface area contributed by atoms with Gasteiger partial charge in [0.2, 0.25) is 10.0 Å². The lowest BCUT2D eigenvalue weighted by Gasteiger charge is -2.30. The van der Waals surface area contributed by atoms with E-state index in [9.17, 15) is 8.42 Å². The molecule has 0 saturated carbocycles. The van der Waals surface area contributed by atoms with Gasteiger partial charge >= 0.3 is 0 Å². The summed E-state index contributed by atoms with van der Waals surface area (Å²) in [7, 11) is -3.51. The second-order valence-corrected chi connectivity index (χ2v) is 7.58.